The number of rotatable bonds is 4. The van der Waals surface area contributed by atoms with Crippen molar-refractivity contribution in [2.24, 2.45) is 34.5 Å². The lowest BCUT2D eigenvalue weighted by Crippen LogP contribution is -2.58. The van der Waals surface area contributed by atoms with Gasteiger partial charge in [-0.25, -0.2) is 4.79 Å². The summed E-state index contributed by atoms with van der Waals surface area (Å²) in [6.45, 7) is 10.00. The van der Waals surface area contributed by atoms with E-state index in [1.54, 1.807) is 6.26 Å². The van der Waals surface area contributed by atoms with Crippen molar-refractivity contribution in [1.82, 2.24) is 0 Å². The zero-order chi connectivity index (χ0) is 26.3. The molecule has 4 aliphatic carbocycles. The van der Waals surface area contributed by atoms with Gasteiger partial charge >= 0.3 is 17.6 Å². The van der Waals surface area contributed by atoms with Crippen LogP contribution in [0.5, 0.6) is 0 Å². The summed E-state index contributed by atoms with van der Waals surface area (Å²) in [7, 11) is 0. The molecule has 10 atom stereocenters. The maximum Gasteiger partial charge on any atom is 0.335 e. The van der Waals surface area contributed by atoms with Gasteiger partial charge in [0.25, 0.3) is 0 Å². The number of epoxide rings is 1. The van der Waals surface area contributed by atoms with Gasteiger partial charge < -0.3 is 18.6 Å². The van der Waals surface area contributed by atoms with Gasteiger partial charge in [0.15, 0.2) is 0 Å². The van der Waals surface area contributed by atoms with Gasteiger partial charge in [0.05, 0.1) is 12.2 Å². The van der Waals surface area contributed by atoms with E-state index in [-0.39, 0.29) is 58.0 Å². The first-order valence-electron chi connectivity index (χ1n) is 14.2. The van der Waals surface area contributed by atoms with Crippen molar-refractivity contribution in [3.63, 3.8) is 0 Å². The third-order valence-corrected chi connectivity index (χ3v) is 11.2. The maximum absolute atomic E-state index is 12.8. The van der Waals surface area contributed by atoms with Gasteiger partial charge in [-0.15, -0.1) is 0 Å². The summed E-state index contributed by atoms with van der Waals surface area (Å²) in [6, 6.07) is 3.31. The predicted octanol–water partition coefficient (Wildman–Crippen LogP) is 5.01. The van der Waals surface area contributed by atoms with E-state index in [1.165, 1.54) is 13.0 Å². The van der Waals surface area contributed by atoms with E-state index in [0.717, 1.165) is 50.5 Å². The monoisotopic (exact) mass is 512 g/mol. The highest BCUT2D eigenvalue weighted by molar-refractivity contribution is 5.72. The van der Waals surface area contributed by atoms with Gasteiger partial charge in [0.1, 0.15) is 23.9 Å². The Morgan fingerprint density at radius 1 is 1.03 bits per heavy atom. The summed E-state index contributed by atoms with van der Waals surface area (Å²) < 4.78 is 23.9. The number of ether oxygens (including phenoxy) is 3. The second-order valence-electron chi connectivity index (χ2n) is 13.2. The van der Waals surface area contributed by atoms with E-state index in [4.69, 9.17) is 18.6 Å². The normalized spacial score (nSPS) is 45.7. The van der Waals surface area contributed by atoms with Gasteiger partial charge in [-0.1, -0.05) is 27.7 Å². The molecule has 1 aromatic heterocycles. The smallest absolute Gasteiger partial charge is 0.335 e. The van der Waals surface area contributed by atoms with Crippen LogP contribution in [0.3, 0.4) is 0 Å². The van der Waals surface area contributed by atoms with Crippen LogP contribution in [-0.4, -0.2) is 35.9 Å². The summed E-state index contributed by atoms with van der Waals surface area (Å²) in [5.41, 5.74) is 0.170. The largest absolute Gasteiger partial charge is 0.463 e. The molecule has 7 nitrogen and oxygen atoms in total. The van der Waals surface area contributed by atoms with Crippen molar-refractivity contribution in [1.29, 1.82) is 0 Å². The first-order chi connectivity index (χ1) is 17.5. The fraction of sp³-hybridized carbons (Fsp3) is 0.767. The molecule has 1 aliphatic heterocycles. The molecule has 0 aromatic carbocycles. The zero-order valence-electron chi connectivity index (χ0n) is 22.7. The highest BCUT2D eigenvalue weighted by Gasteiger charge is 2.84. The summed E-state index contributed by atoms with van der Waals surface area (Å²) >= 11 is 0. The third kappa shape index (κ3) is 3.51. The Labute approximate surface area is 218 Å². The van der Waals surface area contributed by atoms with Crippen molar-refractivity contribution >= 4 is 11.9 Å². The second kappa shape index (κ2) is 8.42. The highest BCUT2D eigenvalue weighted by Crippen LogP contribution is 2.78. The summed E-state index contributed by atoms with van der Waals surface area (Å²) in [5, 5.41) is 0. The minimum absolute atomic E-state index is 0.0347. The minimum atomic E-state index is -0.392. The average molecular weight is 513 g/mol. The Morgan fingerprint density at radius 3 is 2.49 bits per heavy atom. The molecular formula is C30H40O7. The van der Waals surface area contributed by atoms with Crippen LogP contribution >= 0.6 is 0 Å². The summed E-state index contributed by atoms with van der Waals surface area (Å²) in [4.78, 5) is 36.2. The molecule has 10 unspecified atom stereocenters. The molecule has 202 valence electrons. The van der Waals surface area contributed by atoms with Crippen LogP contribution in [0, 0.1) is 34.5 Å². The van der Waals surface area contributed by atoms with E-state index < -0.39 is 6.10 Å². The lowest BCUT2D eigenvalue weighted by Gasteiger charge is -2.61. The highest BCUT2D eigenvalue weighted by atomic mass is 16.7. The number of carbonyl (C=O) groups is 2. The van der Waals surface area contributed by atoms with E-state index in [9.17, 15) is 14.4 Å². The fourth-order valence-corrected chi connectivity index (χ4v) is 9.50. The lowest BCUT2D eigenvalue weighted by atomic mass is 9.44. The number of hydrogen-bond donors (Lipinski definition) is 0. The molecule has 37 heavy (non-hydrogen) atoms. The summed E-state index contributed by atoms with van der Waals surface area (Å²) in [6.07, 6.45) is 8.25. The molecule has 2 heterocycles. The van der Waals surface area contributed by atoms with Crippen LogP contribution < -0.4 is 5.63 Å². The number of hydrogen-bond acceptors (Lipinski definition) is 7. The standard InChI is InChI=1S/C30H40O7/c1-16(2)27(33)36-25-24(18-6-9-23(32)34-15-18)29(5)13-11-21-22(30(29)26(25)37-30)8-7-19-14-20(35-17(3)31)10-12-28(19,21)4/h6,9,15-16,19-22,24-26H,7-8,10-14H2,1-5H3. The van der Waals surface area contributed by atoms with Crippen LogP contribution in [0.2, 0.25) is 0 Å². The van der Waals surface area contributed by atoms with E-state index in [1.807, 2.05) is 19.9 Å². The Bertz CT molecular complexity index is 1140. The minimum Gasteiger partial charge on any atom is -0.463 e. The summed E-state index contributed by atoms with van der Waals surface area (Å²) in [5.74, 6) is 0.759. The number of fused-ring (bicyclic) bond motifs is 3. The van der Waals surface area contributed by atoms with Crippen LogP contribution in [0.1, 0.15) is 91.0 Å². The van der Waals surface area contributed by atoms with E-state index in [0.29, 0.717) is 17.8 Å². The topological polar surface area (TPSA) is 95.3 Å². The first-order valence-corrected chi connectivity index (χ1v) is 14.2. The fourth-order valence-electron chi connectivity index (χ4n) is 9.50. The molecule has 4 saturated carbocycles. The van der Waals surface area contributed by atoms with Crippen molar-refractivity contribution in [3.05, 3.63) is 34.4 Å². The van der Waals surface area contributed by atoms with Gasteiger partial charge in [0.2, 0.25) is 0 Å². The van der Waals surface area contributed by atoms with Gasteiger partial charge in [0, 0.05) is 24.3 Å². The molecule has 5 fully saturated rings. The molecule has 1 aromatic rings. The Morgan fingerprint density at radius 2 is 1.81 bits per heavy atom. The third-order valence-electron chi connectivity index (χ3n) is 11.2. The molecule has 0 amide bonds. The SMILES string of the molecule is CC(=O)OC1CCC2(C)C(CCC3C2CCC2(C)C(c4ccc(=O)oc4)C(OC(=O)C(C)C)C4OC342)C1. The van der Waals surface area contributed by atoms with Gasteiger partial charge in [-0.05, 0) is 79.7 Å². The van der Waals surface area contributed by atoms with Crippen molar-refractivity contribution in [3.8, 4) is 0 Å². The van der Waals surface area contributed by atoms with Crippen molar-refractivity contribution in [2.75, 3.05) is 0 Å². The quantitative estimate of drug-likeness (QED) is 0.413. The van der Waals surface area contributed by atoms with E-state index >= 15 is 0 Å². The Hall–Kier alpha value is -2.15. The Balaban J connectivity index is 1.34. The molecule has 0 N–H and O–H groups in total. The molecular weight excluding hydrogens is 472 g/mol. The predicted molar refractivity (Wildman–Crippen MR) is 135 cm³/mol. The molecule has 7 heteroatoms. The molecule has 1 spiro atoms. The number of esters is 2. The van der Waals surface area contributed by atoms with Gasteiger partial charge in [-0.2, -0.15) is 0 Å². The molecule has 0 bridgehead atoms. The van der Waals surface area contributed by atoms with Crippen LogP contribution in [0.15, 0.2) is 27.6 Å². The van der Waals surface area contributed by atoms with Crippen molar-refractivity contribution < 1.29 is 28.2 Å². The zero-order valence-corrected chi connectivity index (χ0v) is 22.7. The molecule has 0 radical (unpaired) electrons. The first kappa shape index (κ1) is 25.1. The molecule has 1 saturated heterocycles. The van der Waals surface area contributed by atoms with E-state index in [2.05, 4.69) is 13.8 Å². The second-order valence-corrected chi connectivity index (χ2v) is 13.2. The lowest BCUT2D eigenvalue weighted by molar-refractivity contribution is -0.168. The van der Waals surface area contributed by atoms with Gasteiger partial charge in [-0.3, -0.25) is 9.59 Å². The van der Waals surface area contributed by atoms with Crippen LogP contribution in [-0.2, 0) is 23.8 Å². The average Bonchev–Trinajstić information content (AvgIpc) is 3.54. The van der Waals surface area contributed by atoms with Crippen LogP contribution in [0.4, 0.5) is 0 Å². The Kier molecular flexibility index (Phi) is 5.73. The number of carbonyl (C=O) groups excluding carboxylic acids is 2. The molecule has 5 aliphatic rings. The van der Waals surface area contributed by atoms with Crippen molar-refractivity contribution in [2.45, 2.75) is 109 Å². The maximum atomic E-state index is 12.8. The molecule has 6 rings (SSSR count). The van der Waals surface area contributed by atoms with Crippen LogP contribution in [0.25, 0.3) is 0 Å².